The third kappa shape index (κ3) is 6.22. The molecule has 2 aromatic rings. The number of Topliss-reactive ketones (excluding diaryl/α,β-unsaturated/α-hetero) is 1. The fourth-order valence-electron chi connectivity index (χ4n) is 5.14. The Kier molecular flexibility index (Phi) is 7.80. The molecule has 7 heteroatoms. The molecule has 0 aliphatic carbocycles. The van der Waals surface area contributed by atoms with E-state index >= 15 is 0 Å². The monoisotopic (exact) mass is 490 g/mol. The van der Waals surface area contributed by atoms with E-state index in [9.17, 15) is 9.59 Å². The lowest BCUT2D eigenvalue weighted by Gasteiger charge is -2.44. The van der Waals surface area contributed by atoms with Crippen molar-refractivity contribution in [3.63, 3.8) is 0 Å². The summed E-state index contributed by atoms with van der Waals surface area (Å²) in [5.41, 5.74) is 4.70. The molecule has 7 nitrogen and oxygen atoms in total. The molecule has 0 bridgehead atoms. The van der Waals surface area contributed by atoms with Crippen LogP contribution in [-0.4, -0.2) is 54.7 Å². The number of carbonyl (C=O) groups is 2. The van der Waals surface area contributed by atoms with Crippen LogP contribution in [-0.2, 0) is 20.8 Å². The Labute approximate surface area is 212 Å². The molecule has 1 amide bonds. The van der Waals surface area contributed by atoms with Crippen molar-refractivity contribution in [2.75, 3.05) is 26.2 Å². The van der Waals surface area contributed by atoms with Gasteiger partial charge >= 0.3 is 0 Å². The summed E-state index contributed by atoms with van der Waals surface area (Å²) in [6.45, 7) is 3.53. The summed E-state index contributed by atoms with van der Waals surface area (Å²) in [4.78, 5) is 32.9. The average Bonchev–Trinajstić information content (AvgIpc) is 2.92. The highest BCUT2D eigenvalue weighted by Gasteiger charge is 2.42. The van der Waals surface area contributed by atoms with E-state index in [1.165, 1.54) is 11.6 Å². The van der Waals surface area contributed by atoms with Gasteiger partial charge in [0.05, 0.1) is 12.0 Å². The van der Waals surface area contributed by atoms with Crippen LogP contribution < -0.4 is 10.2 Å². The number of ether oxygens (including phenoxy) is 2. The number of hydrogen-bond acceptors (Lipinski definition) is 6. The first-order chi connectivity index (χ1) is 17.6. The number of likely N-dealkylation sites (tertiary alicyclic amines) is 1. The Hall–Kier alpha value is -3.00. The van der Waals surface area contributed by atoms with Crippen LogP contribution in [0, 0.1) is 0 Å². The molecule has 2 saturated heterocycles. The summed E-state index contributed by atoms with van der Waals surface area (Å²) in [7, 11) is 0. The van der Waals surface area contributed by atoms with Crippen LogP contribution in [0.1, 0.15) is 60.0 Å². The number of fused-ring (bicyclic) bond motifs is 1. The van der Waals surface area contributed by atoms with Crippen LogP contribution in [0.3, 0.4) is 0 Å². The van der Waals surface area contributed by atoms with Gasteiger partial charge in [-0.25, -0.2) is 10.3 Å². The number of hydrogen-bond donors (Lipinski definition) is 1. The van der Waals surface area contributed by atoms with Gasteiger partial charge in [-0.2, -0.15) is 0 Å². The largest absolute Gasteiger partial charge is 0.486 e. The highest BCUT2D eigenvalue weighted by molar-refractivity contribution is 6.01. The summed E-state index contributed by atoms with van der Waals surface area (Å²) < 4.78 is 11.9. The van der Waals surface area contributed by atoms with Crippen LogP contribution in [0.4, 0.5) is 0 Å². The average molecular weight is 491 g/mol. The van der Waals surface area contributed by atoms with Gasteiger partial charge < -0.3 is 14.4 Å². The van der Waals surface area contributed by atoms with E-state index in [4.69, 9.17) is 14.3 Å². The summed E-state index contributed by atoms with van der Waals surface area (Å²) in [6, 6.07) is 16.1. The van der Waals surface area contributed by atoms with Gasteiger partial charge in [-0.15, -0.1) is 0 Å². The van der Waals surface area contributed by atoms with Crippen molar-refractivity contribution < 1.29 is 23.9 Å². The summed E-state index contributed by atoms with van der Waals surface area (Å²) in [5, 5.41) is 0. The summed E-state index contributed by atoms with van der Waals surface area (Å²) in [6.07, 6.45) is 8.61. The molecule has 2 fully saturated rings. The van der Waals surface area contributed by atoms with Gasteiger partial charge in [0.15, 0.2) is 12.1 Å². The molecule has 1 unspecified atom stereocenters. The van der Waals surface area contributed by atoms with E-state index in [-0.39, 0.29) is 11.7 Å². The molecule has 3 aliphatic rings. The van der Waals surface area contributed by atoms with E-state index in [0.717, 1.165) is 63.7 Å². The SMILES string of the molecule is O=C(/C=C/c1ccc2c(c1)C(=O)CC1(CCN(CCc3ccccc3)CC1)O2)NOC1CCCCO1. The van der Waals surface area contributed by atoms with E-state index in [1.807, 2.05) is 18.2 Å². The van der Waals surface area contributed by atoms with Crippen molar-refractivity contribution in [1.29, 1.82) is 0 Å². The molecule has 1 atom stereocenters. The fraction of sp³-hybridized carbons (Fsp3) is 0.448. The predicted octanol–water partition coefficient (Wildman–Crippen LogP) is 4.32. The minimum atomic E-state index is -0.414. The van der Waals surface area contributed by atoms with Gasteiger partial charge in [-0.3, -0.25) is 9.59 Å². The van der Waals surface area contributed by atoms with Gasteiger partial charge in [0.25, 0.3) is 5.91 Å². The van der Waals surface area contributed by atoms with E-state index in [2.05, 4.69) is 34.6 Å². The molecule has 3 heterocycles. The Morgan fingerprint density at radius 1 is 1.14 bits per heavy atom. The molecule has 36 heavy (non-hydrogen) atoms. The zero-order valence-corrected chi connectivity index (χ0v) is 20.6. The van der Waals surface area contributed by atoms with Crippen molar-refractivity contribution in [3.8, 4) is 5.75 Å². The zero-order chi connectivity index (χ0) is 24.8. The lowest BCUT2D eigenvalue weighted by atomic mass is 9.82. The minimum Gasteiger partial charge on any atom is -0.486 e. The topological polar surface area (TPSA) is 77.1 Å². The van der Waals surface area contributed by atoms with Crippen molar-refractivity contribution in [2.24, 2.45) is 0 Å². The smallest absolute Gasteiger partial charge is 0.267 e. The van der Waals surface area contributed by atoms with Gasteiger partial charge in [-0.1, -0.05) is 36.4 Å². The molecule has 1 spiro atoms. The first-order valence-corrected chi connectivity index (χ1v) is 13.0. The van der Waals surface area contributed by atoms with Crippen LogP contribution in [0.25, 0.3) is 6.08 Å². The number of piperidine rings is 1. The first kappa shape index (κ1) is 24.7. The highest BCUT2D eigenvalue weighted by Crippen LogP contribution is 2.39. The van der Waals surface area contributed by atoms with Crippen molar-refractivity contribution >= 4 is 17.8 Å². The second kappa shape index (κ2) is 11.4. The lowest BCUT2D eigenvalue weighted by molar-refractivity contribution is -0.198. The third-order valence-corrected chi connectivity index (χ3v) is 7.30. The number of amides is 1. The molecule has 0 aromatic heterocycles. The Balaban J connectivity index is 1.13. The van der Waals surface area contributed by atoms with Crippen LogP contribution in [0.15, 0.2) is 54.6 Å². The van der Waals surface area contributed by atoms with Gasteiger partial charge in [0.1, 0.15) is 11.4 Å². The normalized spacial score (nSPS) is 21.8. The number of benzene rings is 2. The Morgan fingerprint density at radius 2 is 1.97 bits per heavy atom. The first-order valence-electron chi connectivity index (χ1n) is 13.0. The van der Waals surface area contributed by atoms with E-state index < -0.39 is 11.9 Å². The molecule has 190 valence electrons. The summed E-state index contributed by atoms with van der Waals surface area (Å²) >= 11 is 0. The van der Waals surface area contributed by atoms with Gasteiger partial charge in [0.2, 0.25) is 0 Å². The number of nitrogens with zero attached hydrogens (tertiary/aromatic N) is 1. The van der Waals surface area contributed by atoms with Gasteiger partial charge in [-0.05, 0) is 48.6 Å². The number of carbonyl (C=O) groups excluding carboxylic acids is 2. The van der Waals surface area contributed by atoms with Crippen LogP contribution >= 0.6 is 0 Å². The maximum atomic E-state index is 13.1. The maximum absolute atomic E-state index is 13.1. The second-order valence-electron chi connectivity index (χ2n) is 9.93. The lowest BCUT2D eigenvalue weighted by Crippen LogP contribution is -2.51. The minimum absolute atomic E-state index is 0.103. The van der Waals surface area contributed by atoms with Crippen molar-refractivity contribution in [1.82, 2.24) is 10.4 Å². The van der Waals surface area contributed by atoms with Crippen molar-refractivity contribution in [2.45, 2.75) is 56.8 Å². The molecule has 0 radical (unpaired) electrons. The van der Waals surface area contributed by atoms with Crippen molar-refractivity contribution in [3.05, 3.63) is 71.3 Å². The number of hydroxylamine groups is 1. The fourth-order valence-corrected chi connectivity index (χ4v) is 5.14. The summed E-state index contributed by atoms with van der Waals surface area (Å²) in [5.74, 6) is 0.372. The molecule has 0 saturated carbocycles. The molecule has 5 rings (SSSR count). The third-order valence-electron chi connectivity index (χ3n) is 7.30. The standard InChI is InChI=1S/C29H34N2O5/c32-25-21-29(14-17-31(18-15-29)16-13-22-6-2-1-3-7-22)35-26-11-9-23(20-24(25)26)10-12-27(33)30-36-28-8-4-5-19-34-28/h1-3,6-7,9-12,20,28H,4-5,8,13-19,21H2,(H,30,33)/b12-10+. The van der Waals surface area contributed by atoms with Gasteiger partial charge in [0, 0.05) is 51.6 Å². The van der Waals surface area contributed by atoms with Crippen LogP contribution in [0.2, 0.25) is 0 Å². The number of nitrogens with one attached hydrogen (secondary N) is 1. The molecule has 1 N–H and O–H groups in total. The number of ketones is 1. The van der Waals surface area contributed by atoms with Crippen LogP contribution in [0.5, 0.6) is 5.75 Å². The quantitative estimate of drug-likeness (QED) is 0.460. The molecule has 2 aromatic carbocycles. The molecule has 3 aliphatic heterocycles. The van der Waals surface area contributed by atoms with E-state index in [0.29, 0.717) is 24.3 Å². The van der Waals surface area contributed by atoms with E-state index in [1.54, 1.807) is 12.1 Å². The second-order valence-corrected chi connectivity index (χ2v) is 9.93. The molecular formula is C29H34N2O5. The highest BCUT2D eigenvalue weighted by atomic mass is 16.8. The Morgan fingerprint density at radius 3 is 2.75 bits per heavy atom. The Bertz CT molecular complexity index is 1090. The number of rotatable bonds is 7. The maximum Gasteiger partial charge on any atom is 0.267 e. The predicted molar refractivity (Wildman–Crippen MR) is 136 cm³/mol. The molecular weight excluding hydrogens is 456 g/mol. The zero-order valence-electron chi connectivity index (χ0n) is 20.6.